The Morgan fingerprint density at radius 3 is 2.53 bits per heavy atom. The van der Waals surface area contributed by atoms with E-state index in [4.69, 9.17) is 5.73 Å². The van der Waals surface area contributed by atoms with Gasteiger partial charge in [-0.25, -0.2) is 9.97 Å². The molecule has 0 bridgehead atoms. The molecule has 3 nitrogen and oxygen atoms in total. The van der Waals surface area contributed by atoms with Crippen molar-refractivity contribution in [1.82, 2.24) is 9.97 Å². The van der Waals surface area contributed by atoms with Crippen molar-refractivity contribution >= 4 is 5.82 Å². The van der Waals surface area contributed by atoms with Gasteiger partial charge in [0.15, 0.2) is 0 Å². The summed E-state index contributed by atoms with van der Waals surface area (Å²) in [6, 6.07) is 1.89. The maximum atomic E-state index is 5.84. The van der Waals surface area contributed by atoms with Crippen molar-refractivity contribution in [1.29, 1.82) is 0 Å². The molecule has 3 heteroatoms. The first-order chi connectivity index (χ1) is 8.00. The van der Waals surface area contributed by atoms with Crippen molar-refractivity contribution in [3.05, 3.63) is 17.6 Å². The zero-order valence-electron chi connectivity index (χ0n) is 11.2. The third-order valence-electron chi connectivity index (χ3n) is 3.88. The molecule has 1 fully saturated rings. The fraction of sp³-hybridized carbons (Fsp3) is 0.714. The Morgan fingerprint density at radius 1 is 1.29 bits per heavy atom. The quantitative estimate of drug-likeness (QED) is 0.852. The van der Waals surface area contributed by atoms with E-state index in [-0.39, 0.29) is 0 Å². The standard InChI is InChI=1S/C14H23N3/c1-4-11-9-12(15)17-13(16-11)10-5-7-14(2,3)8-6-10/h9-10H,4-8H2,1-3H3,(H2,15,16,17). The number of nitrogen functional groups attached to an aromatic ring is 1. The molecule has 1 saturated carbocycles. The summed E-state index contributed by atoms with van der Waals surface area (Å²) in [5.74, 6) is 2.10. The molecule has 0 aliphatic heterocycles. The van der Waals surface area contributed by atoms with E-state index in [0.29, 0.717) is 17.2 Å². The fourth-order valence-corrected chi connectivity index (χ4v) is 2.56. The number of aromatic nitrogens is 2. The van der Waals surface area contributed by atoms with Gasteiger partial charge < -0.3 is 5.73 Å². The van der Waals surface area contributed by atoms with Crippen molar-refractivity contribution in [2.75, 3.05) is 5.73 Å². The summed E-state index contributed by atoms with van der Waals surface area (Å²) >= 11 is 0. The third kappa shape index (κ3) is 2.96. The number of hydrogen-bond donors (Lipinski definition) is 1. The Hall–Kier alpha value is -1.12. The molecule has 2 rings (SSSR count). The van der Waals surface area contributed by atoms with Gasteiger partial charge in [-0.2, -0.15) is 0 Å². The Balaban J connectivity index is 2.15. The van der Waals surface area contributed by atoms with Crippen molar-refractivity contribution in [2.24, 2.45) is 5.41 Å². The van der Waals surface area contributed by atoms with E-state index in [0.717, 1.165) is 17.9 Å². The molecular weight excluding hydrogens is 210 g/mol. The van der Waals surface area contributed by atoms with E-state index in [2.05, 4.69) is 30.7 Å². The molecule has 0 saturated heterocycles. The molecule has 94 valence electrons. The average Bonchev–Trinajstić information content (AvgIpc) is 2.28. The van der Waals surface area contributed by atoms with Gasteiger partial charge in [0.25, 0.3) is 0 Å². The van der Waals surface area contributed by atoms with Crippen LogP contribution in [0.15, 0.2) is 6.07 Å². The number of hydrogen-bond acceptors (Lipinski definition) is 3. The first-order valence-corrected chi connectivity index (χ1v) is 6.63. The average molecular weight is 233 g/mol. The van der Waals surface area contributed by atoms with E-state index in [1.54, 1.807) is 0 Å². The second-order valence-corrected chi connectivity index (χ2v) is 5.93. The van der Waals surface area contributed by atoms with Gasteiger partial charge in [-0.3, -0.25) is 0 Å². The number of anilines is 1. The van der Waals surface area contributed by atoms with Crippen LogP contribution in [0.2, 0.25) is 0 Å². The predicted molar refractivity (Wildman–Crippen MR) is 70.8 cm³/mol. The largest absolute Gasteiger partial charge is 0.384 e. The second kappa shape index (κ2) is 4.63. The van der Waals surface area contributed by atoms with E-state index in [1.165, 1.54) is 25.7 Å². The van der Waals surface area contributed by atoms with E-state index in [9.17, 15) is 0 Å². The summed E-state index contributed by atoms with van der Waals surface area (Å²) in [5.41, 5.74) is 7.40. The highest BCUT2D eigenvalue weighted by Crippen LogP contribution is 2.41. The minimum atomic E-state index is 0.490. The first-order valence-electron chi connectivity index (χ1n) is 6.63. The molecule has 1 aliphatic rings. The summed E-state index contributed by atoms with van der Waals surface area (Å²) in [6.07, 6.45) is 5.84. The molecule has 0 radical (unpaired) electrons. The number of nitrogens with two attached hydrogens (primary N) is 1. The van der Waals surface area contributed by atoms with Crippen LogP contribution in [-0.4, -0.2) is 9.97 Å². The number of aryl methyl sites for hydroxylation is 1. The molecule has 0 unspecified atom stereocenters. The van der Waals surface area contributed by atoms with Crippen molar-refractivity contribution in [3.63, 3.8) is 0 Å². The molecule has 1 aromatic heterocycles. The number of rotatable bonds is 2. The lowest BCUT2D eigenvalue weighted by Gasteiger charge is -2.33. The highest BCUT2D eigenvalue weighted by atomic mass is 15.0. The molecular formula is C14H23N3. The van der Waals surface area contributed by atoms with Crippen molar-refractivity contribution in [2.45, 2.75) is 58.8 Å². The van der Waals surface area contributed by atoms with E-state index in [1.807, 2.05) is 6.07 Å². The van der Waals surface area contributed by atoms with Crippen LogP contribution in [0.25, 0.3) is 0 Å². The molecule has 0 amide bonds. The van der Waals surface area contributed by atoms with Gasteiger partial charge >= 0.3 is 0 Å². The smallest absolute Gasteiger partial charge is 0.134 e. The van der Waals surface area contributed by atoms with E-state index >= 15 is 0 Å². The van der Waals surface area contributed by atoms with Crippen LogP contribution in [-0.2, 0) is 6.42 Å². The first kappa shape index (κ1) is 12.3. The summed E-state index contributed by atoms with van der Waals surface area (Å²) in [4.78, 5) is 9.05. The van der Waals surface area contributed by atoms with Crippen LogP contribution in [0.5, 0.6) is 0 Å². The molecule has 1 aliphatic carbocycles. The molecule has 17 heavy (non-hydrogen) atoms. The molecule has 1 heterocycles. The lowest BCUT2D eigenvalue weighted by molar-refractivity contribution is 0.220. The van der Waals surface area contributed by atoms with Crippen LogP contribution in [0, 0.1) is 5.41 Å². The van der Waals surface area contributed by atoms with Gasteiger partial charge in [-0.05, 0) is 37.5 Å². The Morgan fingerprint density at radius 2 is 1.94 bits per heavy atom. The number of nitrogens with zero attached hydrogens (tertiary/aromatic N) is 2. The minimum absolute atomic E-state index is 0.490. The van der Waals surface area contributed by atoms with Crippen LogP contribution in [0.3, 0.4) is 0 Å². The lowest BCUT2D eigenvalue weighted by atomic mass is 9.73. The molecule has 0 aromatic carbocycles. The summed E-state index contributed by atoms with van der Waals surface area (Å²) in [6.45, 7) is 6.80. The highest BCUT2D eigenvalue weighted by Gasteiger charge is 2.29. The SMILES string of the molecule is CCc1cc(N)nc(C2CCC(C)(C)CC2)n1. The topological polar surface area (TPSA) is 51.8 Å². The maximum absolute atomic E-state index is 5.84. The van der Waals surface area contributed by atoms with Gasteiger partial charge in [0.2, 0.25) is 0 Å². The summed E-state index contributed by atoms with van der Waals surface area (Å²) in [7, 11) is 0. The zero-order chi connectivity index (χ0) is 12.5. The van der Waals surface area contributed by atoms with Gasteiger partial charge in [0, 0.05) is 17.7 Å². The van der Waals surface area contributed by atoms with Gasteiger partial charge in [0.1, 0.15) is 11.6 Å². The van der Waals surface area contributed by atoms with Gasteiger partial charge in [-0.15, -0.1) is 0 Å². The van der Waals surface area contributed by atoms with Crippen molar-refractivity contribution in [3.8, 4) is 0 Å². The van der Waals surface area contributed by atoms with E-state index < -0.39 is 0 Å². The summed E-state index contributed by atoms with van der Waals surface area (Å²) in [5, 5.41) is 0. The molecule has 0 spiro atoms. The lowest BCUT2D eigenvalue weighted by Crippen LogP contribution is -2.21. The minimum Gasteiger partial charge on any atom is -0.384 e. The molecule has 2 N–H and O–H groups in total. The normalized spacial score (nSPS) is 20.4. The maximum Gasteiger partial charge on any atom is 0.134 e. The van der Waals surface area contributed by atoms with Crippen LogP contribution >= 0.6 is 0 Å². The highest BCUT2D eigenvalue weighted by molar-refractivity contribution is 5.30. The van der Waals surface area contributed by atoms with Crippen LogP contribution in [0.1, 0.15) is 63.9 Å². The second-order valence-electron chi connectivity index (χ2n) is 5.93. The van der Waals surface area contributed by atoms with Crippen molar-refractivity contribution < 1.29 is 0 Å². The Bertz CT molecular complexity index is 388. The fourth-order valence-electron chi connectivity index (χ4n) is 2.56. The van der Waals surface area contributed by atoms with Gasteiger partial charge in [-0.1, -0.05) is 20.8 Å². The zero-order valence-corrected chi connectivity index (χ0v) is 11.2. The molecule has 1 aromatic rings. The third-order valence-corrected chi connectivity index (χ3v) is 3.88. The predicted octanol–water partition coefficient (Wildman–Crippen LogP) is 3.31. The van der Waals surface area contributed by atoms with Crippen LogP contribution < -0.4 is 5.73 Å². The Kier molecular flexibility index (Phi) is 3.36. The van der Waals surface area contributed by atoms with Crippen LogP contribution in [0.4, 0.5) is 5.82 Å². The van der Waals surface area contributed by atoms with Gasteiger partial charge in [0.05, 0.1) is 0 Å². The molecule has 0 atom stereocenters. The Labute approximate surface area is 104 Å². The monoisotopic (exact) mass is 233 g/mol. The summed E-state index contributed by atoms with van der Waals surface area (Å²) < 4.78 is 0.